The number of nitrogens with one attached hydrogen (secondary N) is 1. The number of aromatic nitrogens is 1. The number of ether oxygens (including phenoxy) is 2. The highest BCUT2D eigenvalue weighted by molar-refractivity contribution is 5.76. The number of hydrogen-bond donors (Lipinski definition) is 2. The molecule has 1 aliphatic heterocycles. The van der Waals surface area contributed by atoms with Crippen molar-refractivity contribution < 1.29 is 19.4 Å². The minimum absolute atomic E-state index is 0.0163. The number of pyridine rings is 1. The lowest BCUT2D eigenvalue weighted by atomic mass is 9.95. The summed E-state index contributed by atoms with van der Waals surface area (Å²) >= 11 is 0. The Balaban J connectivity index is 1.96. The second-order valence-electron chi connectivity index (χ2n) is 7.65. The van der Waals surface area contributed by atoms with E-state index in [0.717, 1.165) is 43.0 Å². The SMILES string of the molecule is COCC(CC(=O)O)c1ccc(N(C)C2CCOCC2)c(Nc2ccc(C#N)cn2)c1. The van der Waals surface area contributed by atoms with E-state index in [2.05, 4.69) is 28.3 Å². The van der Waals surface area contributed by atoms with Crippen LogP contribution in [0.2, 0.25) is 0 Å². The molecule has 1 aliphatic rings. The highest BCUT2D eigenvalue weighted by Gasteiger charge is 2.23. The molecule has 3 rings (SSSR count). The van der Waals surface area contributed by atoms with Crippen LogP contribution in [0.4, 0.5) is 17.2 Å². The number of carboxylic acid groups (broad SMARTS) is 1. The maximum absolute atomic E-state index is 11.3. The second kappa shape index (κ2) is 10.8. The molecule has 2 heterocycles. The molecule has 1 unspecified atom stereocenters. The normalized spacial score (nSPS) is 15.1. The van der Waals surface area contributed by atoms with Crippen LogP contribution in [-0.2, 0) is 14.3 Å². The van der Waals surface area contributed by atoms with Gasteiger partial charge in [-0.15, -0.1) is 0 Å². The van der Waals surface area contributed by atoms with Crippen LogP contribution in [-0.4, -0.2) is 56.1 Å². The third-order valence-corrected chi connectivity index (χ3v) is 5.55. The second-order valence-corrected chi connectivity index (χ2v) is 7.65. The van der Waals surface area contributed by atoms with Crippen LogP contribution in [0.25, 0.3) is 0 Å². The highest BCUT2D eigenvalue weighted by atomic mass is 16.5. The Morgan fingerprint density at radius 2 is 2.16 bits per heavy atom. The van der Waals surface area contributed by atoms with Crippen molar-refractivity contribution in [2.45, 2.75) is 31.2 Å². The first-order chi connectivity index (χ1) is 15.0. The van der Waals surface area contributed by atoms with E-state index in [9.17, 15) is 9.90 Å². The Hall–Kier alpha value is -3.15. The van der Waals surface area contributed by atoms with Crippen LogP contribution in [0.3, 0.4) is 0 Å². The lowest BCUT2D eigenvalue weighted by Gasteiger charge is -2.34. The zero-order valence-corrected chi connectivity index (χ0v) is 17.9. The smallest absolute Gasteiger partial charge is 0.304 e. The van der Waals surface area contributed by atoms with Gasteiger partial charge in [0.1, 0.15) is 11.9 Å². The molecule has 8 heteroatoms. The monoisotopic (exact) mass is 424 g/mol. The summed E-state index contributed by atoms with van der Waals surface area (Å²) in [6.45, 7) is 1.79. The quantitative estimate of drug-likeness (QED) is 0.630. The van der Waals surface area contributed by atoms with Crippen molar-refractivity contribution in [1.29, 1.82) is 5.26 Å². The standard InChI is InChI=1S/C23H28N4O4/c1-27(19-7-9-31-10-8-19)21-5-4-17(18(15-30-2)12-23(28)29)11-20(21)26-22-6-3-16(13-24)14-25-22/h3-6,11,14,18-19H,7-10,12,15H2,1-2H3,(H,25,26)(H,28,29). The molecule has 164 valence electrons. The van der Waals surface area contributed by atoms with Crippen LogP contribution < -0.4 is 10.2 Å². The first-order valence-electron chi connectivity index (χ1n) is 10.3. The molecule has 2 aromatic rings. The van der Waals surface area contributed by atoms with Crippen molar-refractivity contribution in [3.05, 3.63) is 47.7 Å². The molecule has 0 saturated carbocycles. The van der Waals surface area contributed by atoms with E-state index in [4.69, 9.17) is 14.7 Å². The number of nitrogens with zero attached hydrogens (tertiary/aromatic N) is 3. The fraction of sp³-hybridized carbons (Fsp3) is 0.435. The molecule has 1 fully saturated rings. The number of benzene rings is 1. The van der Waals surface area contributed by atoms with Crippen LogP contribution in [0.5, 0.6) is 0 Å². The lowest BCUT2D eigenvalue weighted by Crippen LogP contribution is -2.37. The summed E-state index contributed by atoms with van der Waals surface area (Å²) in [7, 11) is 3.63. The lowest BCUT2D eigenvalue weighted by molar-refractivity contribution is -0.137. The average Bonchev–Trinajstić information content (AvgIpc) is 2.79. The van der Waals surface area contributed by atoms with Gasteiger partial charge < -0.3 is 24.8 Å². The van der Waals surface area contributed by atoms with Gasteiger partial charge in [0.2, 0.25) is 0 Å². The number of rotatable bonds is 9. The van der Waals surface area contributed by atoms with Crippen LogP contribution in [0.15, 0.2) is 36.5 Å². The van der Waals surface area contributed by atoms with Crippen molar-refractivity contribution in [2.75, 3.05) is 44.2 Å². The molecule has 1 aromatic heterocycles. The van der Waals surface area contributed by atoms with E-state index in [1.54, 1.807) is 19.2 Å². The number of carboxylic acids is 1. The van der Waals surface area contributed by atoms with Crippen LogP contribution in [0.1, 0.15) is 36.3 Å². The van der Waals surface area contributed by atoms with Crippen LogP contribution >= 0.6 is 0 Å². The zero-order valence-electron chi connectivity index (χ0n) is 17.9. The fourth-order valence-corrected chi connectivity index (χ4v) is 3.84. The molecule has 2 N–H and O–H groups in total. The molecule has 0 bridgehead atoms. The molecule has 1 saturated heterocycles. The Kier molecular flexibility index (Phi) is 7.82. The topological polar surface area (TPSA) is 108 Å². The van der Waals surface area contributed by atoms with Gasteiger partial charge in [-0.3, -0.25) is 4.79 Å². The van der Waals surface area contributed by atoms with E-state index in [0.29, 0.717) is 24.0 Å². The Bertz CT molecular complexity index is 920. The van der Waals surface area contributed by atoms with Gasteiger partial charge in [-0.25, -0.2) is 4.98 Å². The molecular formula is C23H28N4O4. The zero-order chi connectivity index (χ0) is 22.2. The third kappa shape index (κ3) is 5.94. The Labute approximate surface area is 182 Å². The van der Waals surface area contributed by atoms with E-state index in [-0.39, 0.29) is 12.3 Å². The van der Waals surface area contributed by atoms with Gasteiger partial charge in [-0.2, -0.15) is 5.26 Å². The number of carbonyl (C=O) groups is 1. The van der Waals surface area contributed by atoms with Gasteiger partial charge in [0.15, 0.2) is 0 Å². The van der Waals surface area contributed by atoms with E-state index >= 15 is 0 Å². The summed E-state index contributed by atoms with van der Waals surface area (Å²) in [6, 6.07) is 11.8. The first kappa shape index (κ1) is 22.5. The molecule has 31 heavy (non-hydrogen) atoms. The van der Waals surface area contributed by atoms with Crippen LogP contribution in [0, 0.1) is 11.3 Å². The number of anilines is 3. The largest absolute Gasteiger partial charge is 0.481 e. The summed E-state index contributed by atoms with van der Waals surface area (Å²) in [5.74, 6) is -0.521. The summed E-state index contributed by atoms with van der Waals surface area (Å²) < 4.78 is 10.8. The maximum Gasteiger partial charge on any atom is 0.304 e. The number of nitriles is 1. The fourth-order valence-electron chi connectivity index (χ4n) is 3.84. The Morgan fingerprint density at radius 1 is 1.39 bits per heavy atom. The van der Waals surface area contributed by atoms with Gasteiger partial charge in [0.05, 0.1) is 30.0 Å². The molecule has 0 aliphatic carbocycles. The summed E-state index contributed by atoms with van der Waals surface area (Å²) in [5.41, 5.74) is 3.19. The van der Waals surface area contributed by atoms with E-state index in [1.165, 1.54) is 6.20 Å². The predicted octanol–water partition coefficient (Wildman–Crippen LogP) is 3.52. The van der Waals surface area contributed by atoms with Gasteiger partial charge in [-0.05, 0) is 42.7 Å². The molecule has 0 amide bonds. The first-order valence-corrected chi connectivity index (χ1v) is 10.3. The molecule has 1 aromatic carbocycles. The Morgan fingerprint density at radius 3 is 2.77 bits per heavy atom. The number of hydrogen-bond acceptors (Lipinski definition) is 7. The van der Waals surface area contributed by atoms with Crippen molar-refractivity contribution in [3.8, 4) is 6.07 Å². The third-order valence-electron chi connectivity index (χ3n) is 5.55. The molecule has 0 spiro atoms. The molecular weight excluding hydrogens is 396 g/mol. The van der Waals surface area contributed by atoms with Crippen molar-refractivity contribution in [2.24, 2.45) is 0 Å². The van der Waals surface area contributed by atoms with Crippen molar-refractivity contribution in [1.82, 2.24) is 4.98 Å². The summed E-state index contributed by atoms with van der Waals surface area (Å²) in [5, 5.41) is 21.7. The summed E-state index contributed by atoms with van der Waals surface area (Å²) in [4.78, 5) is 17.9. The van der Waals surface area contributed by atoms with Crippen molar-refractivity contribution in [3.63, 3.8) is 0 Å². The molecule has 8 nitrogen and oxygen atoms in total. The van der Waals surface area contributed by atoms with Gasteiger partial charge >= 0.3 is 5.97 Å². The van der Waals surface area contributed by atoms with Gasteiger partial charge in [-0.1, -0.05) is 6.07 Å². The van der Waals surface area contributed by atoms with Crippen molar-refractivity contribution >= 4 is 23.2 Å². The molecule has 0 radical (unpaired) electrons. The predicted molar refractivity (Wildman–Crippen MR) is 118 cm³/mol. The van der Waals surface area contributed by atoms with E-state index in [1.807, 2.05) is 18.2 Å². The average molecular weight is 425 g/mol. The summed E-state index contributed by atoms with van der Waals surface area (Å²) in [6.07, 6.45) is 3.39. The highest BCUT2D eigenvalue weighted by Crippen LogP contribution is 2.34. The number of methoxy groups -OCH3 is 1. The number of aliphatic carboxylic acids is 1. The minimum Gasteiger partial charge on any atom is -0.481 e. The van der Waals surface area contributed by atoms with Gasteiger partial charge in [0, 0.05) is 45.5 Å². The molecule has 1 atom stereocenters. The minimum atomic E-state index is -0.867. The maximum atomic E-state index is 11.3. The van der Waals surface area contributed by atoms with Gasteiger partial charge in [0.25, 0.3) is 0 Å². The van der Waals surface area contributed by atoms with E-state index < -0.39 is 5.97 Å².